The zero-order valence-electron chi connectivity index (χ0n) is 24.7. The van der Waals surface area contributed by atoms with E-state index in [1.54, 1.807) is 67.6 Å². The number of halogens is 1. The first-order valence-electron chi connectivity index (χ1n) is 15.1. The minimum atomic E-state index is -0.745. The number of amides is 2. The van der Waals surface area contributed by atoms with Crippen molar-refractivity contribution in [1.29, 1.82) is 0 Å². The van der Waals surface area contributed by atoms with Crippen molar-refractivity contribution in [3.05, 3.63) is 123 Å². The molecule has 1 N–H and O–H groups in total. The molecule has 3 aromatic carbocycles. The first kappa shape index (κ1) is 29.8. The number of hydrogen-bond acceptors (Lipinski definition) is 7. The molecule has 1 saturated heterocycles. The molecule has 2 amide bonds. The summed E-state index contributed by atoms with van der Waals surface area (Å²) in [5, 5.41) is 10.4. The van der Waals surface area contributed by atoms with Gasteiger partial charge >= 0.3 is 0 Å². The van der Waals surface area contributed by atoms with Gasteiger partial charge in [-0.15, -0.1) is 0 Å². The molecular weight excluding hydrogens is 650 g/mol. The summed E-state index contributed by atoms with van der Waals surface area (Å²) in [6.07, 6.45) is 3.65. The van der Waals surface area contributed by atoms with E-state index in [0.29, 0.717) is 46.6 Å². The predicted molar refractivity (Wildman–Crippen MR) is 173 cm³/mol. The molecule has 230 valence electrons. The maximum absolute atomic E-state index is 14.2. The largest absolute Gasteiger partial charge is 0.504 e. The number of phenolic OH excluding ortho intramolecular Hbond substituents is 1. The average molecular weight is 679 g/mol. The number of anilines is 1. The van der Waals surface area contributed by atoms with Gasteiger partial charge in [-0.25, -0.2) is 0 Å². The highest BCUT2D eigenvalue weighted by Crippen LogP contribution is 2.56. The minimum absolute atomic E-state index is 0.0535. The van der Waals surface area contributed by atoms with Crippen LogP contribution in [0.5, 0.6) is 11.5 Å². The Balaban J connectivity index is 1.26. The van der Waals surface area contributed by atoms with Gasteiger partial charge < -0.3 is 9.84 Å². The topological polar surface area (TPSA) is 118 Å². The fourth-order valence-corrected chi connectivity index (χ4v) is 7.79. The number of ether oxygens (including phenoxy) is 1. The number of phenols is 1. The second kappa shape index (κ2) is 11.5. The van der Waals surface area contributed by atoms with Crippen LogP contribution in [0.25, 0.3) is 0 Å². The number of carbonyl (C=O) groups is 5. The first-order valence-corrected chi connectivity index (χ1v) is 15.9. The number of allylic oxidation sites excluding steroid dienone is 6. The highest BCUT2D eigenvalue weighted by Gasteiger charge is 2.56. The summed E-state index contributed by atoms with van der Waals surface area (Å²) in [5.74, 6) is -3.87. The predicted octanol–water partition coefficient (Wildman–Crippen LogP) is 5.99. The molecule has 4 aliphatic rings. The van der Waals surface area contributed by atoms with Crippen LogP contribution in [-0.4, -0.2) is 40.9 Å². The third-order valence-electron chi connectivity index (χ3n) is 9.37. The number of imide groups is 1. The summed E-state index contributed by atoms with van der Waals surface area (Å²) in [6, 6.07) is 20.2. The van der Waals surface area contributed by atoms with Crippen molar-refractivity contribution in [3.8, 4) is 11.5 Å². The van der Waals surface area contributed by atoms with Crippen molar-refractivity contribution in [3.63, 3.8) is 0 Å². The lowest BCUT2D eigenvalue weighted by molar-refractivity contribution is -0.123. The molecule has 9 heteroatoms. The van der Waals surface area contributed by atoms with E-state index in [2.05, 4.69) is 15.9 Å². The average Bonchev–Trinajstić information content (AvgIpc) is 3.33. The highest BCUT2D eigenvalue weighted by atomic mass is 79.9. The second-order valence-corrected chi connectivity index (χ2v) is 12.7. The van der Waals surface area contributed by atoms with Gasteiger partial charge in [0.25, 0.3) is 0 Å². The Morgan fingerprint density at radius 1 is 0.935 bits per heavy atom. The number of carbonyl (C=O) groups excluding carboxylic acids is 5. The molecule has 1 aliphatic heterocycles. The molecular formula is C37H28BrNO7. The summed E-state index contributed by atoms with van der Waals surface area (Å²) in [5.41, 5.74) is 3.44. The van der Waals surface area contributed by atoms with E-state index >= 15 is 0 Å². The van der Waals surface area contributed by atoms with Crippen LogP contribution in [0.1, 0.15) is 47.2 Å². The number of Topliss-reactive ketones (excluding diaryl/α,β-unsaturated/α-hetero) is 1. The summed E-state index contributed by atoms with van der Waals surface area (Å²) < 4.78 is 5.78. The highest BCUT2D eigenvalue weighted by molar-refractivity contribution is 9.12. The van der Waals surface area contributed by atoms with Crippen molar-refractivity contribution < 1.29 is 33.8 Å². The minimum Gasteiger partial charge on any atom is -0.504 e. The van der Waals surface area contributed by atoms with Gasteiger partial charge in [-0.2, -0.15) is 0 Å². The van der Waals surface area contributed by atoms with Crippen LogP contribution < -0.4 is 9.64 Å². The number of ketones is 3. The van der Waals surface area contributed by atoms with Crippen molar-refractivity contribution in [2.24, 2.45) is 17.8 Å². The molecule has 0 saturated carbocycles. The molecule has 0 radical (unpaired) electrons. The molecule has 1 fully saturated rings. The molecule has 1 heterocycles. The normalized spacial score (nSPS) is 23.8. The van der Waals surface area contributed by atoms with Gasteiger partial charge in [0, 0.05) is 34.3 Å². The Labute approximate surface area is 273 Å². The van der Waals surface area contributed by atoms with Gasteiger partial charge in [0.1, 0.15) is 0 Å². The maximum Gasteiger partial charge on any atom is 0.238 e. The summed E-state index contributed by atoms with van der Waals surface area (Å²) in [4.78, 5) is 69.2. The van der Waals surface area contributed by atoms with Crippen LogP contribution in [0.15, 0.2) is 106 Å². The monoisotopic (exact) mass is 677 g/mol. The fraction of sp³-hybridized carbons (Fsp3) is 0.216. The number of benzene rings is 3. The van der Waals surface area contributed by atoms with E-state index in [1.165, 1.54) is 17.0 Å². The molecule has 0 spiro atoms. The Bertz CT molecular complexity index is 1940. The molecule has 3 aliphatic carbocycles. The third kappa shape index (κ3) is 4.69. The van der Waals surface area contributed by atoms with Crippen molar-refractivity contribution in [2.45, 2.75) is 25.7 Å². The Morgan fingerprint density at radius 2 is 1.65 bits per heavy atom. The Hall–Kier alpha value is -4.89. The first-order chi connectivity index (χ1) is 22.2. The fourth-order valence-electron chi connectivity index (χ4n) is 7.34. The molecule has 3 aromatic rings. The van der Waals surface area contributed by atoms with Gasteiger partial charge in [-0.3, -0.25) is 28.9 Å². The number of nitrogens with zero attached hydrogens (tertiary/aromatic N) is 1. The van der Waals surface area contributed by atoms with Crippen LogP contribution in [0.4, 0.5) is 5.69 Å². The van der Waals surface area contributed by atoms with E-state index in [4.69, 9.17) is 4.74 Å². The van der Waals surface area contributed by atoms with Crippen LogP contribution in [0.2, 0.25) is 0 Å². The molecule has 46 heavy (non-hydrogen) atoms. The number of aromatic hydroxyl groups is 1. The van der Waals surface area contributed by atoms with E-state index in [9.17, 15) is 29.1 Å². The van der Waals surface area contributed by atoms with E-state index in [1.807, 2.05) is 12.1 Å². The quantitative estimate of drug-likeness (QED) is 0.147. The molecule has 0 aromatic heterocycles. The van der Waals surface area contributed by atoms with Crippen LogP contribution >= 0.6 is 15.9 Å². The lowest BCUT2D eigenvalue weighted by atomic mass is 9.59. The van der Waals surface area contributed by atoms with E-state index < -0.39 is 23.7 Å². The van der Waals surface area contributed by atoms with Gasteiger partial charge in [-0.1, -0.05) is 48.0 Å². The van der Waals surface area contributed by atoms with Gasteiger partial charge in [0.2, 0.25) is 11.8 Å². The van der Waals surface area contributed by atoms with Crippen molar-refractivity contribution >= 4 is 50.8 Å². The second-order valence-electron chi connectivity index (χ2n) is 11.8. The molecule has 7 rings (SSSR count). The Kier molecular flexibility index (Phi) is 7.44. The van der Waals surface area contributed by atoms with Crippen LogP contribution in [-0.2, 0) is 19.2 Å². The number of hydrogen-bond donors (Lipinski definition) is 1. The summed E-state index contributed by atoms with van der Waals surface area (Å²) in [7, 11) is 0. The third-order valence-corrected chi connectivity index (χ3v) is 9.96. The molecule has 8 nitrogen and oxygen atoms in total. The van der Waals surface area contributed by atoms with Gasteiger partial charge in [-0.05, 0) is 83.6 Å². The zero-order valence-corrected chi connectivity index (χ0v) is 26.3. The Morgan fingerprint density at radius 3 is 2.37 bits per heavy atom. The lowest BCUT2D eigenvalue weighted by Crippen LogP contribution is -2.39. The molecule has 4 atom stereocenters. The smallest absolute Gasteiger partial charge is 0.238 e. The van der Waals surface area contributed by atoms with Crippen LogP contribution in [0.3, 0.4) is 0 Å². The van der Waals surface area contributed by atoms with Crippen LogP contribution in [0, 0.1) is 17.8 Å². The standard InChI is InChI=1S/C37H28BrNO7/c1-2-46-30-16-21(10-15-28(30)40)31-23-13-14-24-32(25(23)17-26-33(31)29(41)18-27(38)35(26)43)37(45)39(36(24)44)22-11-8-20(9-12-22)34(42)19-6-4-3-5-7-19/h3-13,15-16,18,24-25,31-32,40H,2,14,17H2,1H3. The maximum atomic E-state index is 14.2. The van der Waals surface area contributed by atoms with Gasteiger partial charge in [0.05, 0.1) is 28.6 Å². The van der Waals surface area contributed by atoms with Gasteiger partial charge in [0.15, 0.2) is 28.8 Å². The lowest BCUT2D eigenvalue weighted by Gasteiger charge is -2.42. The molecule has 4 unspecified atom stereocenters. The summed E-state index contributed by atoms with van der Waals surface area (Å²) >= 11 is 3.25. The SMILES string of the molecule is CCOc1cc(C2C3=CCC4C(=O)N(c5ccc(C(=O)c6ccccc6)cc5)C(=O)C4C3CC3=C2C(=O)C=C(Br)C3=O)ccc1O. The van der Waals surface area contributed by atoms with Crippen molar-refractivity contribution in [1.82, 2.24) is 0 Å². The van der Waals surface area contributed by atoms with E-state index in [-0.39, 0.29) is 51.6 Å². The number of fused-ring (bicyclic) bond motifs is 3. The van der Waals surface area contributed by atoms with Crippen molar-refractivity contribution in [2.75, 3.05) is 11.5 Å². The number of rotatable bonds is 6. The molecule has 0 bridgehead atoms. The summed E-state index contributed by atoms with van der Waals surface area (Å²) in [6.45, 7) is 2.10. The zero-order chi connectivity index (χ0) is 32.3. The van der Waals surface area contributed by atoms with E-state index in [0.717, 1.165) is 5.57 Å².